The van der Waals surface area contributed by atoms with Crippen LogP contribution >= 0.6 is 0 Å². The van der Waals surface area contributed by atoms with Gasteiger partial charge >= 0.3 is 0 Å². The van der Waals surface area contributed by atoms with E-state index in [0.29, 0.717) is 11.4 Å². The molecule has 0 saturated heterocycles. The smallest absolute Gasteiger partial charge is 0.287 e. The van der Waals surface area contributed by atoms with Crippen LogP contribution in [0.25, 0.3) is 22.2 Å². The Balaban J connectivity index is 1.24. The maximum Gasteiger partial charge on any atom is 0.287 e. The maximum absolute atomic E-state index is 13.4. The Bertz CT molecular complexity index is 1700. The summed E-state index contributed by atoms with van der Waals surface area (Å²) in [6.45, 7) is 3.91. The molecule has 1 aliphatic rings. The number of amides is 2. The molecule has 5 aromatic rings. The molecule has 196 valence electrons. The van der Waals surface area contributed by atoms with E-state index in [9.17, 15) is 9.59 Å². The third-order valence-electron chi connectivity index (χ3n) is 7.40. The van der Waals surface area contributed by atoms with E-state index in [0.717, 1.165) is 51.7 Å². The zero-order chi connectivity index (χ0) is 27.1. The molecular formula is C30H29N7O2. The average Bonchev–Trinajstić information content (AvgIpc) is 3.29. The van der Waals surface area contributed by atoms with Gasteiger partial charge in [0.05, 0.1) is 29.0 Å². The molecule has 0 aliphatic heterocycles. The Morgan fingerprint density at radius 1 is 1.10 bits per heavy atom. The summed E-state index contributed by atoms with van der Waals surface area (Å²) in [5.41, 5.74) is 5.60. The summed E-state index contributed by atoms with van der Waals surface area (Å²) >= 11 is 0. The molecule has 6 rings (SSSR count). The van der Waals surface area contributed by atoms with Gasteiger partial charge in [0.2, 0.25) is 0 Å². The lowest BCUT2D eigenvalue weighted by atomic mass is 9.97. The van der Waals surface area contributed by atoms with Crippen molar-refractivity contribution in [2.75, 3.05) is 0 Å². The highest BCUT2D eigenvalue weighted by molar-refractivity contribution is 5.96. The van der Waals surface area contributed by atoms with E-state index >= 15 is 0 Å². The van der Waals surface area contributed by atoms with E-state index in [1.54, 1.807) is 23.3 Å². The van der Waals surface area contributed by atoms with Crippen LogP contribution in [0, 0.1) is 6.92 Å². The molecule has 9 nitrogen and oxygen atoms in total. The quantitative estimate of drug-likeness (QED) is 0.291. The summed E-state index contributed by atoms with van der Waals surface area (Å²) in [5, 5.41) is 11.6. The standard InChI is InChI=1S/C30H29N7O2/c1-18-14-21(30(10-11-30)36-29(39)27-31-12-13-32-27)8-9-22(18)28(38)34-19(2)24-15-26(20-16-33-37(3)17-20)35-25-7-5-4-6-23(24)25/h4-9,12-17,19H,10-11H2,1-3H3,(H,31,32)(H,34,38)(H,36,39). The van der Waals surface area contributed by atoms with Crippen LogP contribution in [0.4, 0.5) is 0 Å². The molecule has 0 spiro atoms. The highest BCUT2D eigenvalue weighted by Gasteiger charge is 2.46. The number of nitrogens with zero attached hydrogens (tertiary/aromatic N) is 4. The number of nitrogens with one attached hydrogen (secondary N) is 3. The van der Waals surface area contributed by atoms with Gasteiger partial charge in [0, 0.05) is 42.2 Å². The number of hydrogen-bond acceptors (Lipinski definition) is 5. The molecule has 1 aliphatic carbocycles. The second-order valence-electron chi connectivity index (χ2n) is 10.2. The lowest BCUT2D eigenvalue weighted by molar-refractivity contribution is 0.0916. The Labute approximate surface area is 225 Å². The van der Waals surface area contributed by atoms with Crippen LogP contribution in [0.5, 0.6) is 0 Å². The number of aryl methyl sites for hydroxylation is 2. The number of fused-ring (bicyclic) bond motifs is 1. The normalized spacial score (nSPS) is 14.6. The number of carbonyl (C=O) groups excluding carboxylic acids is 2. The summed E-state index contributed by atoms with van der Waals surface area (Å²) in [5.74, 6) is -0.0980. The zero-order valence-corrected chi connectivity index (χ0v) is 22.0. The number of rotatable bonds is 7. The SMILES string of the molecule is Cc1cc(C2(NC(=O)c3ncc[nH]3)CC2)ccc1C(=O)NC(C)c1cc(-c2cnn(C)c2)nc2ccccc12. The molecule has 1 atom stereocenters. The summed E-state index contributed by atoms with van der Waals surface area (Å²) in [6.07, 6.45) is 8.59. The molecule has 3 N–H and O–H groups in total. The largest absolute Gasteiger partial charge is 0.345 e. The van der Waals surface area contributed by atoms with Gasteiger partial charge in [-0.2, -0.15) is 5.10 Å². The molecule has 39 heavy (non-hydrogen) atoms. The van der Waals surface area contributed by atoms with Crippen LogP contribution in [0.2, 0.25) is 0 Å². The van der Waals surface area contributed by atoms with Crippen LogP contribution in [0.15, 0.2) is 73.3 Å². The summed E-state index contributed by atoms with van der Waals surface area (Å²) < 4.78 is 1.75. The lowest BCUT2D eigenvalue weighted by Gasteiger charge is -2.20. The minimum Gasteiger partial charge on any atom is -0.345 e. The fourth-order valence-electron chi connectivity index (χ4n) is 5.11. The number of imidazole rings is 1. The van der Waals surface area contributed by atoms with E-state index in [4.69, 9.17) is 4.98 Å². The lowest BCUT2D eigenvalue weighted by Crippen LogP contribution is -2.35. The first-order chi connectivity index (χ1) is 18.8. The molecule has 1 unspecified atom stereocenters. The number of benzene rings is 2. The van der Waals surface area contributed by atoms with Gasteiger partial charge in [-0.1, -0.05) is 30.3 Å². The zero-order valence-electron chi connectivity index (χ0n) is 22.0. The van der Waals surface area contributed by atoms with Crippen LogP contribution in [-0.2, 0) is 12.6 Å². The van der Waals surface area contributed by atoms with Crippen molar-refractivity contribution in [3.05, 3.63) is 101 Å². The van der Waals surface area contributed by atoms with Crippen LogP contribution < -0.4 is 10.6 Å². The molecule has 2 amide bonds. The molecule has 1 saturated carbocycles. The molecule has 2 aromatic carbocycles. The molecule has 0 bridgehead atoms. The Morgan fingerprint density at radius 2 is 1.92 bits per heavy atom. The van der Waals surface area contributed by atoms with Gasteiger partial charge in [0.1, 0.15) is 0 Å². The van der Waals surface area contributed by atoms with Crippen molar-refractivity contribution in [2.45, 2.75) is 38.3 Å². The number of aromatic nitrogens is 5. The number of carbonyl (C=O) groups is 2. The van der Waals surface area contributed by atoms with Crippen molar-refractivity contribution in [1.82, 2.24) is 35.4 Å². The van der Waals surface area contributed by atoms with E-state index in [1.807, 2.05) is 75.6 Å². The first-order valence-corrected chi connectivity index (χ1v) is 13.0. The third kappa shape index (κ3) is 4.67. The number of hydrogen-bond donors (Lipinski definition) is 3. The molecule has 3 aromatic heterocycles. The Hall–Kier alpha value is -4.79. The summed E-state index contributed by atoms with van der Waals surface area (Å²) in [6, 6.07) is 15.5. The van der Waals surface area contributed by atoms with Crippen LogP contribution in [0.1, 0.15) is 63.5 Å². The van der Waals surface area contributed by atoms with Gasteiger partial charge in [-0.15, -0.1) is 0 Å². The number of pyridine rings is 1. The van der Waals surface area contributed by atoms with Gasteiger partial charge in [-0.3, -0.25) is 14.3 Å². The monoisotopic (exact) mass is 519 g/mol. The third-order valence-corrected chi connectivity index (χ3v) is 7.40. The minimum absolute atomic E-state index is 0.153. The van der Waals surface area contributed by atoms with Gasteiger partial charge in [-0.05, 0) is 61.6 Å². The fraction of sp³-hybridized carbons (Fsp3) is 0.233. The summed E-state index contributed by atoms with van der Waals surface area (Å²) in [7, 11) is 1.87. The van der Waals surface area contributed by atoms with Crippen LogP contribution in [-0.4, -0.2) is 36.5 Å². The van der Waals surface area contributed by atoms with Crippen molar-refractivity contribution >= 4 is 22.7 Å². The van der Waals surface area contributed by atoms with E-state index in [-0.39, 0.29) is 17.9 Å². The number of aromatic amines is 1. The first kappa shape index (κ1) is 24.5. The van der Waals surface area contributed by atoms with Crippen molar-refractivity contribution in [3.63, 3.8) is 0 Å². The minimum atomic E-state index is -0.421. The van der Waals surface area contributed by atoms with E-state index < -0.39 is 5.54 Å². The second-order valence-corrected chi connectivity index (χ2v) is 10.2. The molecular weight excluding hydrogens is 490 g/mol. The highest BCUT2D eigenvalue weighted by atomic mass is 16.2. The maximum atomic E-state index is 13.4. The van der Waals surface area contributed by atoms with Gasteiger partial charge < -0.3 is 15.6 Å². The predicted molar refractivity (Wildman–Crippen MR) is 148 cm³/mol. The Morgan fingerprint density at radius 3 is 2.62 bits per heavy atom. The molecule has 0 radical (unpaired) electrons. The van der Waals surface area contributed by atoms with Crippen molar-refractivity contribution in [2.24, 2.45) is 7.05 Å². The summed E-state index contributed by atoms with van der Waals surface area (Å²) in [4.78, 5) is 37.7. The second kappa shape index (κ2) is 9.50. The van der Waals surface area contributed by atoms with E-state index in [2.05, 4.69) is 25.7 Å². The number of H-pyrrole nitrogens is 1. The van der Waals surface area contributed by atoms with Crippen LogP contribution in [0.3, 0.4) is 0 Å². The fourth-order valence-corrected chi connectivity index (χ4v) is 5.11. The van der Waals surface area contributed by atoms with E-state index in [1.165, 1.54) is 0 Å². The molecule has 3 heterocycles. The van der Waals surface area contributed by atoms with Crippen molar-refractivity contribution in [1.29, 1.82) is 0 Å². The highest BCUT2D eigenvalue weighted by Crippen LogP contribution is 2.46. The van der Waals surface area contributed by atoms with Gasteiger partial charge in [0.15, 0.2) is 5.82 Å². The first-order valence-electron chi connectivity index (χ1n) is 13.0. The predicted octanol–water partition coefficient (Wildman–Crippen LogP) is 4.58. The number of para-hydroxylation sites is 1. The topological polar surface area (TPSA) is 118 Å². The van der Waals surface area contributed by atoms with Crippen molar-refractivity contribution in [3.8, 4) is 11.3 Å². The Kier molecular flexibility index (Phi) is 5.98. The molecule has 1 fully saturated rings. The molecule has 9 heteroatoms. The van der Waals surface area contributed by atoms with Crippen molar-refractivity contribution < 1.29 is 9.59 Å². The average molecular weight is 520 g/mol. The van der Waals surface area contributed by atoms with Gasteiger partial charge in [0.25, 0.3) is 11.8 Å². The van der Waals surface area contributed by atoms with Gasteiger partial charge in [-0.25, -0.2) is 9.97 Å².